The van der Waals surface area contributed by atoms with E-state index < -0.39 is 11.9 Å². The van der Waals surface area contributed by atoms with Crippen LogP contribution in [0.4, 0.5) is 0 Å². The molecule has 0 heterocycles. The third kappa shape index (κ3) is 5.55. The molecule has 1 rings (SSSR count). The van der Waals surface area contributed by atoms with Crippen molar-refractivity contribution in [3.8, 4) is 0 Å². The van der Waals surface area contributed by atoms with Crippen molar-refractivity contribution in [2.24, 2.45) is 5.73 Å². The summed E-state index contributed by atoms with van der Waals surface area (Å²) in [5, 5.41) is 2.56. The Labute approximate surface area is 114 Å². The first-order valence-corrected chi connectivity index (χ1v) is 6.69. The van der Waals surface area contributed by atoms with Gasteiger partial charge in [0, 0.05) is 0 Å². The molecule has 3 N–H and O–H groups in total. The van der Waals surface area contributed by atoms with E-state index >= 15 is 0 Å². The molecule has 0 unspecified atom stereocenters. The summed E-state index contributed by atoms with van der Waals surface area (Å²) in [6, 6.07) is 7.39. The van der Waals surface area contributed by atoms with Crippen LogP contribution < -0.4 is 11.1 Å². The topological polar surface area (TPSA) is 72.2 Å². The first-order chi connectivity index (χ1) is 9.02. The number of carbonyl (C=O) groups excluding carboxylic acids is 2. The number of nitrogens with one attached hydrogen (secondary N) is 1. The summed E-state index contributed by atoms with van der Waals surface area (Å²) in [6.07, 6.45) is 3.69. The van der Waals surface area contributed by atoms with E-state index in [0.717, 1.165) is 12.0 Å². The second-order valence-electron chi connectivity index (χ2n) is 4.79. The van der Waals surface area contributed by atoms with Gasteiger partial charge in [-0.2, -0.15) is 0 Å². The molecule has 1 aromatic rings. The van der Waals surface area contributed by atoms with Gasteiger partial charge in [-0.1, -0.05) is 37.6 Å². The van der Waals surface area contributed by atoms with E-state index in [1.807, 2.05) is 12.1 Å². The number of hydrogen-bond acceptors (Lipinski definition) is 2. The average Bonchev–Trinajstić information content (AvgIpc) is 2.37. The van der Waals surface area contributed by atoms with Crippen molar-refractivity contribution in [3.63, 3.8) is 0 Å². The van der Waals surface area contributed by atoms with Crippen LogP contribution in [-0.2, 0) is 22.4 Å². The monoisotopic (exact) mass is 262 g/mol. The molecule has 0 aromatic heterocycles. The Bertz CT molecular complexity index is 426. The van der Waals surface area contributed by atoms with Gasteiger partial charge in [-0.15, -0.1) is 0 Å². The third-order valence-electron chi connectivity index (χ3n) is 3.01. The first kappa shape index (κ1) is 15.2. The number of benzene rings is 1. The largest absolute Gasteiger partial charge is 0.368 e. The number of aryl methyl sites for hydroxylation is 1. The average molecular weight is 262 g/mol. The van der Waals surface area contributed by atoms with Gasteiger partial charge >= 0.3 is 0 Å². The molecule has 0 radical (unpaired) electrons. The van der Waals surface area contributed by atoms with Gasteiger partial charge in [0.05, 0.1) is 6.42 Å². The first-order valence-electron chi connectivity index (χ1n) is 6.69. The molecule has 104 valence electrons. The van der Waals surface area contributed by atoms with E-state index in [1.54, 1.807) is 6.92 Å². The number of amides is 2. The zero-order valence-electron chi connectivity index (χ0n) is 11.6. The van der Waals surface area contributed by atoms with E-state index in [2.05, 4.69) is 24.4 Å². The van der Waals surface area contributed by atoms with Crippen LogP contribution in [0.15, 0.2) is 24.3 Å². The summed E-state index contributed by atoms with van der Waals surface area (Å²) in [6.45, 7) is 3.74. The number of hydrogen-bond donors (Lipinski definition) is 2. The Morgan fingerprint density at radius 3 is 2.32 bits per heavy atom. The Morgan fingerprint density at radius 2 is 1.79 bits per heavy atom. The Kier molecular flexibility index (Phi) is 6.06. The number of unbranched alkanes of at least 4 members (excludes halogenated alkanes) is 1. The predicted molar refractivity (Wildman–Crippen MR) is 75.6 cm³/mol. The summed E-state index contributed by atoms with van der Waals surface area (Å²) < 4.78 is 0. The van der Waals surface area contributed by atoms with Crippen molar-refractivity contribution >= 4 is 11.8 Å². The quantitative estimate of drug-likeness (QED) is 0.782. The third-order valence-corrected chi connectivity index (χ3v) is 3.01. The molecule has 0 saturated carbocycles. The smallest absolute Gasteiger partial charge is 0.239 e. The van der Waals surface area contributed by atoms with E-state index in [4.69, 9.17) is 5.73 Å². The van der Waals surface area contributed by atoms with Crippen LogP contribution in [0, 0.1) is 0 Å². The number of nitrogens with two attached hydrogens (primary N) is 1. The molecule has 0 bridgehead atoms. The number of primary amides is 1. The van der Waals surface area contributed by atoms with E-state index in [9.17, 15) is 9.59 Å². The predicted octanol–water partition coefficient (Wildman–Crippen LogP) is 1.56. The molecule has 1 atom stereocenters. The molecule has 0 aliphatic carbocycles. The van der Waals surface area contributed by atoms with Gasteiger partial charge in [0.15, 0.2) is 0 Å². The summed E-state index contributed by atoms with van der Waals surface area (Å²) in [5.41, 5.74) is 7.32. The lowest BCUT2D eigenvalue weighted by Gasteiger charge is -2.10. The molecule has 1 aromatic carbocycles. The molecule has 4 nitrogen and oxygen atoms in total. The standard InChI is InChI=1S/C15H22N2O2/c1-3-4-5-12-6-8-13(9-7-12)10-14(18)17-11(2)15(16)19/h6-9,11H,3-5,10H2,1-2H3,(H2,16,19)(H,17,18)/t11-/m1/s1. The highest BCUT2D eigenvalue weighted by Crippen LogP contribution is 2.08. The van der Waals surface area contributed by atoms with E-state index in [0.29, 0.717) is 0 Å². The highest BCUT2D eigenvalue weighted by Gasteiger charge is 2.12. The minimum absolute atomic E-state index is 0.187. The minimum atomic E-state index is -0.628. The molecule has 0 spiro atoms. The number of carbonyl (C=O) groups is 2. The van der Waals surface area contributed by atoms with E-state index in [1.165, 1.54) is 18.4 Å². The van der Waals surface area contributed by atoms with Crippen molar-refractivity contribution in [1.82, 2.24) is 5.32 Å². The molecule has 0 fully saturated rings. The lowest BCUT2D eigenvalue weighted by molar-refractivity contribution is -0.126. The summed E-state index contributed by atoms with van der Waals surface area (Å²) in [5.74, 6) is -0.712. The van der Waals surface area contributed by atoms with Gasteiger partial charge < -0.3 is 11.1 Å². The van der Waals surface area contributed by atoms with Crippen LogP contribution >= 0.6 is 0 Å². The molecule has 19 heavy (non-hydrogen) atoms. The van der Waals surface area contributed by atoms with Gasteiger partial charge in [-0.3, -0.25) is 9.59 Å². The molecule has 0 aliphatic heterocycles. The van der Waals surface area contributed by atoms with Crippen LogP contribution in [0.3, 0.4) is 0 Å². The van der Waals surface area contributed by atoms with E-state index in [-0.39, 0.29) is 12.3 Å². The molecule has 2 amide bonds. The maximum Gasteiger partial charge on any atom is 0.239 e. The zero-order valence-corrected chi connectivity index (χ0v) is 11.6. The van der Waals surface area contributed by atoms with Crippen LogP contribution in [0.2, 0.25) is 0 Å². The van der Waals surface area contributed by atoms with Crippen molar-refractivity contribution in [2.45, 2.75) is 45.6 Å². The Morgan fingerprint density at radius 1 is 1.21 bits per heavy atom. The maximum atomic E-state index is 11.7. The van der Waals surface area contributed by atoms with Crippen LogP contribution in [0.25, 0.3) is 0 Å². The summed E-state index contributed by atoms with van der Waals surface area (Å²) in [7, 11) is 0. The van der Waals surface area contributed by atoms with Crippen LogP contribution in [0.1, 0.15) is 37.8 Å². The fourth-order valence-electron chi connectivity index (χ4n) is 1.75. The lowest BCUT2D eigenvalue weighted by atomic mass is 10.0. The second kappa shape index (κ2) is 7.56. The summed E-state index contributed by atoms with van der Waals surface area (Å²) in [4.78, 5) is 22.5. The molecule has 4 heteroatoms. The van der Waals surface area contributed by atoms with Gasteiger partial charge in [0.1, 0.15) is 6.04 Å². The lowest BCUT2D eigenvalue weighted by Crippen LogP contribution is -2.42. The zero-order chi connectivity index (χ0) is 14.3. The molecular formula is C15H22N2O2. The normalized spacial score (nSPS) is 11.9. The van der Waals surface area contributed by atoms with Gasteiger partial charge in [-0.25, -0.2) is 0 Å². The number of rotatable bonds is 7. The van der Waals surface area contributed by atoms with Crippen molar-refractivity contribution in [3.05, 3.63) is 35.4 Å². The van der Waals surface area contributed by atoms with Gasteiger partial charge in [0.2, 0.25) is 11.8 Å². The maximum absolute atomic E-state index is 11.7. The molecular weight excluding hydrogens is 240 g/mol. The Balaban J connectivity index is 2.48. The summed E-state index contributed by atoms with van der Waals surface area (Å²) >= 11 is 0. The minimum Gasteiger partial charge on any atom is -0.368 e. The SMILES string of the molecule is CCCCc1ccc(CC(=O)N[C@H](C)C(N)=O)cc1. The van der Waals surface area contributed by atoms with Crippen molar-refractivity contribution in [2.75, 3.05) is 0 Å². The van der Waals surface area contributed by atoms with Gasteiger partial charge in [0.25, 0.3) is 0 Å². The second-order valence-corrected chi connectivity index (χ2v) is 4.79. The van der Waals surface area contributed by atoms with Crippen molar-refractivity contribution in [1.29, 1.82) is 0 Å². The highest BCUT2D eigenvalue weighted by molar-refractivity contribution is 5.87. The van der Waals surface area contributed by atoms with Crippen molar-refractivity contribution < 1.29 is 9.59 Å². The Hall–Kier alpha value is -1.84. The van der Waals surface area contributed by atoms with Crippen LogP contribution in [0.5, 0.6) is 0 Å². The molecule has 0 aliphatic rings. The highest BCUT2D eigenvalue weighted by atomic mass is 16.2. The molecule has 0 saturated heterocycles. The van der Waals surface area contributed by atoms with Gasteiger partial charge in [-0.05, 0) is 30.9 Å². The fourth-order valence-corrected chi connectivity index (χ4v) is 1.75. The fraction of sp³-hybridized carbons (Fsp3) is 0.467. The van der Waals surface area contributed by atoms with Crippen LogP contribution in [-0.4, -0.2) is 17.9 Å².